The molecule has 0 fully saturated rings. The Morgan fingerprint density at radius 2 is 1.93 bits per heavy atom. The summed E-state index contributed by atoms with van der Waals surface area (Å²) in [7, 11) is 5.30. The highest BCUT2D eigenvalue weighted by Gasteiger charge is 2.24. The summed E-state index contributed by atoms with van der Waals surface area (Å²) in [6.07, 6.45) is 4.85. The molecule has 0 aliphatic heterocycles. The van der Waals surface area contributed by atoms with Crippen LogP contribution >= 0.6 is 11.6 Å². The van der Waals surface area contributed by atoms with E-state index in [9.17, 15) is 9.90 Å². The van der Waals surface area contributed by atoms with E-state index < -0.39 is 11.5 Å². The normalized spacial score (nSPS) is 12.0. The van der Waals surface area contributed by atoms with E-state index in [1.165, 1.54) is 13.4 Å². The molecule has 0 saturated heterocycles. The van der Waals surface area contributed by atoms with Gasteiger partial charge in [-0.05, 0) is 58.3 Å². The first-order valence-corrected chi connectivity index (χ1v) is 13.2. The van der Waals surface area contributed by atoms with Gasteiger partial charge in [0.05, 0.1) is 28.9 Å². The third-order valence-corrected chi connectivity index (χ3v) is 6.55. The number of halogens is 1. The van der Waals surface area contributed by atoms with E-state index >= 15 is 0 Å². The number of rotatable bonds is 11. The second-order valence-corrected chi connectivity index (χ2v) is 10.6. The molecule has 2 aromatic carbocycles. The van der Waals surface area contributed by atoms with Crippen molar-refractivity contribution < 1.29 is 19.4 Å². The zero-order chi connectivity index (χ0) is 29.7. The van der Waals surface area contributed by atoms with E-state index in [0.717, 1.165) is 5.69 Å². The number of likely N-dealkylation sites (N-methyl/N-ethyl adjacent to an activating group) is 1. The summed E-state index contributed by atoms with van der Waals surface area (Å²) < 4.78 is 11.5. The number of nitrogens with one attached hydrogen (secondary N) is 1. The molecule has 214 valence electrons. The Hall–Kier alpha value is -4.25. The van der Waals surface area contributed by atoms with Gasteiger partial charge < -0.3 is 30.5 Å². The van der Waals surface area contributed by atoms with Gasteiger partial charge in [-0.1, -0.05) is 23.7 Å². The molecular weight excluding hydrogens is 544 g/mol. The number of pyridine rings is 1. The van der Waals surface area contributed by atoms with Crippen molar-refractivity contribution in [1.82, 2.24) is 19.9 Å². The summed E-state index contributed by atoms with van der Waals surface area (Å²) >= 11 is 6.62. The Bertz CT molecular complexity index is 1590. The summed E-state index contributed by atoms with van der Waals surface area (Å²) in [6, 6.07) is 12.4. The summed E-state index contributed by atoms with van der Waals surface area (Å²) in [6.45, 7) is 4.04. The van der Waals surface area contributed by atoms with Crippen LogP contribution in [0.25, 0.3) is 16.5 Å². The quantitative estimate of drug-likeness (QED) is 0.218. The largest absolute Gasteiger partial charge is 0.496 e. The zero-order valence-electron chi connectivity index (χ0n) is 23.6. The molecule has 0 saturated carbocycles. The lowest BCUT2D eigenvalue weighted by Crippen LogP contribution is -2.18. The standard InChI is InChI=1S/C30H33ClN6O4/c1-30(2,39)22-13-27(41-16-18-8-6-7-10-33-18)23(31)14-25(22)36-29-21-12-20(19(28(32)38)9-11-37(3)4)26(40-5)15-24(21)34-17-35-29/h6-10,12-15,17,39H,11,16H2,1-5H3,(H2,32,38)(H,34,35,36). The van der Waals surface area contributed by atoms with E-state index in [4.69, 9.17) is 26.8 Å². The number of methoxy groups -OCH3 is 1. The fourth-order valence-corrected chi connectivity index (χ4v) is 4.43. The predicted octanol–water partition coefficient (Wildman–Crippen LogP) is 4.67. The molecular formula is C30H33ClN6O4. The average molecular weight is 577 g/mol. The zero-order valence-corrected chi connectivity index (χ0v) is 24.4. The molecule has 0 aliphatic carbocycles. The first kappa shape index (κ1) is 29.7. The van der Waals surface area contributed by atoms with Crippen LogP contribution in [0, 0.1) is 0 Å². The van der Waals surface area contributed by atoms with Crippen LogP contribution in [0.4, 0.5) is 11.5 Å². The lowest BCUT2D eigenvalue weighted by molar-refractivity contribution is -0.112. The van der Waals surface area contributed by atoms with Crippen LogP contribution in [-0.2, 0) is 17.0 Å². The van der Waals surface area contributed by atoms with Crippen molar-refractivity contribution >= 4 is 45.5 Å². The Morgan fingerprint density at radius 1 is 1.15 bits per heavy atom. The van der Waals surface area contributed by atoms with Gasteiger partial charge in [-0.3, -0.25) is 9.78 Å². The maximum absolute atomic E-state index is 12.4. The molecule has 11 heteroatoms. The minimum Gasteiger partial charge on any atom is -0.496 e. The summed E-state index contributed by atoms with van der Waals surface area (Å²) in [4.78, 5) is 27.5. The molecule has 41 heavy (non-hydrogen) atoms. The number of carbonyl (C=O) groups is 1. The second kappa shape index (κ2) is 12.5. The first-order chi connectivity index (χ1) is 19.5. The molecule has 4 rings (SSSR count). The lowest BCUT2D eigenvalue weighted by Gasteiger charge is -2.24. The molecule has 1 amide bonds. The number of hydrogen-bond acceptors (Lipinski definition) is 9. The van der Waals surface area contributed by atoms with Crippen LogP contribution in [0.3, 0.4) is 0 Å². The number of hydrogen-bond donors (Lipinski definition) is 3. The summed E-state index contributed by atoms with van der Waals surface area (Å²) in [5.74, 6) is 0.685. The first-order valence-electron chi connectivity index (χ1n) is 12.8. The van der Waals surface area contributed by atoms with Crippen LogP contribution in [0.1, 0.15) is 30.7 Å². The molecule has 4 aromatic rings. The molecule has 0 unspecified atom stereocenters. The smallest absolute Gasteiger partial charge is 0.249 e. The number of nitrogens with zero attached hydrogens (tertiary/aromatic N) is 4. The molecule has 2 heterocycles. The number of aromatic nitrogens is 3. The van der Waals surface area contributed by atoms with E-state index in [0.29, 0.717) is 62.2 Å². The molecule has 0 bridgehead atoms. The molecule has 2 aromatic heterocycles. The maximum Gasteiger partial charge on any atom is 0.249 e. The third-order valence-electron chi connectivity index (χ3n) is 6.26. The van der Waals surface area contributed by atoms with Crippen molar-refractivity contribution in [1.29, 1.82) is 0 Å². The number of nitrogens with two attached hydrogens (primary N) is 1. The molecule has 0 radical (unpaired) electrons. The molecule has 4 N–H and O–H groups in total. The van der Waals surface area contributed by atoms with Crippen LogP contribution in [-0.4, -0.2) is 58.6 Å². The minimum atomic E-state index is -1.26. The van der Waals surface area contributed by atoms with Crippen LogP contribution in [0.5, 0.6) is 11.5 Å². The Balaban J connectivity index is 1.79. The van der Waals surface area contributed by atoms with Gasteiger partial charge in [0, 0.05) is 46.6 Å². The second-order valence-electron chi connectivity index (χ2n) is 10.2. The van der Waals surface area contributed by atoms with Crippen molar-refractivity contribution in [2.45, 2.75) is 26.1 Å². The van der Waals surface area contributed by atoms with Crippen molar-refractivity contribution in [2.24, 2.45) is 5.73 Å². The van der Waals surface area contributed by atoms with Gasteiger partial charge in [-0.2, -0.15) is 0 Å². The van der Waals surface area contributed by atoms with Gasteiger partial charge in [0.1, 0.15) is 30.3 Å². The number of carbonyl (C=O) groups excluding carboxylic acids is 1. The molecule has 0 aliphatic rings. The highest BCUT2D eigenvalue weighted by atomic mass is 35.5. The number of aliphatic hydroxyl groups is 1. The van der Waals surface area contributed by atoms with Crippen LogP contribution in [0.15, 0.2) is 61.1 Å². The van der Waals surface area contributed by atoms with Gasteiger partial charge in [0.15, 0.2) is 0 Å². The van der Waals surface area contributed by atoms with E-state index in [1.807, 2.05) is 37.2 Å². The van der Waals surface area contributed by atoms with Gasteiger partial charge in [-0.15, -0.1) is 0 Å². The van der Waals surface area contributed by atoms with Crippen molar-refractivity contribution in [3.63, 3.8) is 0 Å². The predicted molar refractivity (Wildman–Crippen MR) is 160 cm³/mol. The highest BCUT2D eigenvalue weighted by molar-refractivity contribution is 6.32. The highest BCUT2D eigenvalue weighted by Crippen LogP contribution is 2.40. The number of benzene rings is 2. The number of amides is 1. The fourth-order valence-electron chi connectivity index (χ4n) is 4.22. The third kappa shape index (κ3) is 7.10. The molecule has 0 atom stereocenters. The molecule has 0 spiro atoms. The van der Waals surface area contributed by atoms with Crippen LogP contribution in [0.2, 0.25) is 5.02 Å². The van der Waals surface area contributed by atoms with Gasteiger partial charge >= 0.3 is 0 Å². The summed E-state index contributed by atoms with van der Waals surface area (Å²) in [5.41, 5.74) is 7.67. The number of ether oxygens (including phenoxy) is 2. The van der Waals surface area contributed by atoms with Crippen molar-refractivity contribution in [2.75, 3.05) is 33.1 Å². The summed E-state index contributed by atoms with van der Waals surface area (Å²) in [5, 5.41) is 15.3. The van der Waals surface area contributed by atoms with E-state index in [-0.39, 0.29) is 6.61 Å². The number of anilines is 2. The van der Waals surface area contributed by atoms with Crippen molar-refractivity contribution in [3.8, 4) is 11.5 Å². The Labute approximate surface area is 243 Å². The van der Waals surface area contributed by atoms with E-state index in [2.05, 4.69) is 20.3 Å². The number of primary amides is 1. The van der Waals surface area contributed by atoms with Gasteiger partial charge in [-0.25, -0.2) is 9.97 Å². The Morgan fingerprint density at radius 3 is 2.56 bits per heavy atom. The van der Waals surface area contributed by atoms with Gasteiger partial charge in [0.2, 0.25) is 5.91 Å². The van der Waals surface area contributed by atoms with Crippen LogP contribution < -0.4 is 20.5 Å². The monoisotopic (exact) mass is 576 g/mol. The minimum absolute atomic E-state index is 0.212. The van der Waals surface area contributed by atoms with Gasteiger partial charge in [0.25, 0.3) is 0 Å². The average Bonchev–Trinajstić information content (AvgIpc) is 2.92. The maximum atomic E-state index is 12.4. The lowest BCUT2D eigenvalue weighted by atomic mass is 9.95. The molecule has 10 nitrogen and oxygen atoms in total. The topological polar surface area (TPSA) is 136 Å². The Kier molecular flexibility index (Phi) is 9.07. The van der Waals surface area contributed by atoms with Crippen molar-refractivity contribution in [3.05, 3.63) is 82.9 Å². The fraction of sp³-hybridized carbons (Fsp3) is 0.267. The number of fused-ring (bicyclic) bond motifs is 1. The van der Waals surface area contributed by atoms with E-state index in [1.54, 1.807) is 50.4 Å². The SMILES string of the molecule is COc1cc2ncnc(Nc3cc(Cl)c(OCc4ccccn4)cc3C(C)(C)O)c2cc1C(=CCN(C)C)C(N)=O.